The van der Waals surface area contributed by atoms with Crippen LogP contribution in [0.25, 0.3) is 0 Å². The highest BCUT2D eigenvalue weighted by molar-refractivity contribution is 5.86. The zero-order chi connectivity index (χ0) is 12.7. The molecule has 1 saturated heterocycles. The van der Waals surface area contributed by atoms with E-state index in [1.165, 1.54) is 12.8 Å². The van der Waals surface area contributed by atoms with E-state index in [1.807, 2.05) is 0 Å². The summed E-state index contributed by atoms with van der Waals surface area (Å²) in [5.41, 5.74) is 0.405. The number of carbonyl (C=O) groups excluding carboxylic acids is 1. The van der Waals surface area contributed by atoms with E-state index < -0.39 is 0 Å². The van der Waals surface area contributed by atoms with Crippen LogP contribution in [-0.4, -0.2) is 18.5 Å². The van der Waals surface area contributed by atoms with Gasteiger partial charge in [0, 0.05) is 18.9 Å². The number of hydrogen-bond acceptors (Lipinski definition) is 2. The Labute approximate surface area is 105 Å². The molecule has 1 unspecified atom stereocenters. The Balaban J connectivity index is 1.72. The van der Waals surface area contributed by atoms with Gasteiger partial charge in [0.2, 0.25) is 0 Å². The molecule has 98 valence electrons. The Morgan fingerprint density at radius 2 is 1.88 bits per heavy atom. The van der Waals surface area contributed by atoms with E-state index in [2.05, 4.69) is 27.7 Å². The first-order valence-corrected chi connectivity index (χ1v) is 7.01. The predicted molar refractivity (Wildman–Crippen MR) is 68.9 cm³/mol. The van der Waals surface area contributed by atoms with Gasteiger partial charge in [-0.15, -0.1) is 0 Å². The predicted octanol–water partition coefficient (Wildman–Crippen LogP) is 3.59. The summed E-state index contributed by atoms with van der Waals surface area (Å²) < 4.78 is 5.58. The quantitative estimate of drug-likeness (QED) is 0.731. The monoisotopic (exact) mass is 238 g/mol. The lowest BCUT2D eigenvalue weighted by molar-refractivity contribution is -0.121. The Hall–Kier alpha value is -0.370. The molecule has 1 aliphatic heterocycles. The Morgan fingerprint density at radius 3 is 2.35 bits per heavy atom. The molecule has 0 aromatic heterocycles. The molecule has 1 saturated carbocycles. The van der Waals surface area contributed by atoms with Gasteiger partial charge in [-0.3, -0.25) is 4.79 Å². The van der Waals surface area contributed by atoms with Gasteiger partial charge in [-0.2, -0.15) is 0 Å². The maximum atomic E-state index is 12.2. The molecule has 0 bridgehead atoms. The van der Waals surface area contributed by atoms with E-state index in [4.69, 9.17) is 4.74 Å². The third kappa shape index (κ3) is 2.29. The van der Waals surface area contributed by atoms with E-state index in [9.17, 15) is 4.79 Å². The van der Waals surface area contributed by atoms with Crippen molar-refractivity contribution < 1.29 is 9.53 Å². The zero-order valence-electron chi connectivity index (χ0n) is 11.7. The zero-order valence-corrected chi connectivity index (χ0v) is 11.7. The van der Waals surface area contributed by atoms with Gasteiger partial charge in [0.05, 0.1) is 6.10 Å². The van der Waals surface area contributed by atoms with Crippen molar-refractivity contribution in [3.05, 3.63) is 0 Å². The number of hydrogen-bond donors (Lipinski definition) is 0. The van der Waals surface area contributed by atoms with Gasteiger partial charge in [-0.1, -0.05) is 27.7 Å². The standard InChI is InChI=1S/C15H26O2/c1-14(2)13(15(14,3)4)12(16)9-5-7-11-8-6-10-17-11/h11,13H,5-10H2,1-4H3. The molecule has 17 heavy (non-hydrogen) atoms. The second kappa shape index (κ2) is 4.38. The smallest absolute Gasteiger partial charge is 0.137 e. The first kappa shape index (κ1) is 13.1. The van der Waals surface area contributed by atoms with Crippen LogP contribution in [0.15, 0.2) is 0 Å². The van der Waals surface area contributed by atoms with Crippen molar-refractivity contribution in [2.24, 2.45) is 16.7 Å². The minimum absolute atomic E-state index is 0.202. The summed E-state index contributed by atoms with van der Waals surface area (Å²) in [6.07, 6.45) is 5.64. The summed E-state index contributed by atoms with van der Waals surface area (Å²) >= 11 is 0. The summed E-state index contributed by atoms with van der Waals surface area (Å²) in [6, 6.07) is 0. The van der Waals surface area contributed by atoms with Crippen LogP contribution in [0, 0.1) is 16.7 Å². The minimum atomic E-state index is 0.202. The molecule has 0 aromatic rings. The molecule has 2 aliphatic rings. The van der Waals surface area contributed by atoms with Gasteiger partial charge in [0.15, 0.2) is 0 Å². The topological polar surface area (TPSA) is 26.3 Å². The number of Topliss-reactive ketones (excluding diaryl/α,β-unsaturated/α-hetero) is 1. The average molecular weight is 238 g/mol. The highest BCUT2D eigenvalue weighted by atomic mass is 16.5. The molecule has 2 fully saturated rings. The molecule has 0 N–H and O–H groups in total. The lowest BCUT2D eigenvalue weighted by Crippen LogP contribution is -2.09. The average Bonchev–Trinajstić information content (AvgIpc) is 2.58. The minimum Gasteiger partial charge on any atom is -0.378 e. The molecule has 1 heterocycles. The van der Waals surface area contributed by atoms with Crippen LogP contribution < -0.4 is 0 Å². The maximum Gasteiger partial charge on any atom is 0.137 e. The van der Waals surface area contributed by atoms with Crippen molar-refractivity contribution in [3.63, 3.8) is 0 Å². The summed E-state index contributed by atoms with van der Waals surface area (Å²) in [5, 5.41) is 0. The summed E-state index contributed by atoms with van der Waals surface area (Å²) in [4.78, 5) is 12.2. The fourth-order valence-electron chi connectivity index (χ4n) is 3.52. The lowest BCUT2D eigenvalue weighted by Gasteiger charge is -2.08. The molecule has 1 aliphatic carbocycles. The van der Waals surface area contributed by atoms with Gasteiger partial charge in [0.25, 0.3) is 0 Å². The Morgan fingerprint density at radius 1 is 1.24 bits per heavy atom. The second-order valence-corrected chi connectivity index (χ2v) is 6.87. The maximum absolute atomic E-state index is 12.2. The van der Waals surface area contributed by atoms with Crippen LogP contribution >= 0.6 is 0 Å². The highest BCUT2D eigenvalue weighted by Gasteiger charge is 2.67. The first-order valence-electron chi connectivity index (χ1n) is 7.01. The van der Waals surface area contributed by atoms with E-state index in [-0.39, 0.29) is 16.7 Å². The second-order valence-electron chi connectivity index (χ2n) is 6.87. The normalized spacial score (nSPS) is 30.5. The van der Waals surface area contributed by atoms with Gasteiger partial charge in [0.1, 0.15) is 5.78 Å². The molecule has 0 radical (unpaired) electrons. The fourth-order valence-corrected chi connectivity index (χ4v) is 3.52. The summed E-state index contributed by atoms with van der Waals surface area (Å²) in [5.74, 6) is 0.748. The molecular weight excluding hydrogens is 212 g/mol. The number of ether oxygens (including phenoxy) is 1. The van der Waals surface area contributed by atoms with Crippen LogP contribution in [0.4, 0.5) is 0 Å². The van der Waals surface area contributed by atoms with Crippen LogP contribution in [0.5, 0.6) is 0 Å². The van der Waals surface area contributed by atoms with E-state index in [0.29, 0.717) is 11.9 Å². The fraction of sp³-hybridized carbons (Fsp3) is 0.933. The molecular formula is C15H26O2. The molecule has 0 spiro atoms. The van der Waals surface area contributed by atoms with Gasteiger partial charge < -0.3 is 4.74 Å². The molecule has 2 rings (SSSR count). The molecule has 2 heteroatoms. The SMILES string of the molecule is CC1(C)C(C(=O)CCCC2CCCO2)C1(C)C. The van der Waals surface area contributed by atoms with E-state index in [1.54, 1.807) is 0 Å². The lowest BCUT2D eigenvalue weighted by atomic mass is 10.0. The van der Waals surface area contributed by atoms with Crippen LogP contribution in [0.2, 0.25) is 0 Å². The van der Waals surface area contributed by atoms with Crippen LogP contribution in [0.3, 0.4) is 0 Å². The number of ketones is 1. The van der Waals surface area contributed by atoms with E-state index >= 15 is 0 Å². The summed E-state index contributed by atoms with van der Waals surface area (Å²) in [7, 11) is 0. The Bertz CT molecular complexity index is 284. The van der Waals surface area contributed by atoms with Crippen molar-refractivity contribution in [1.29, 1.82) is 0 Å². The van der Waals surface area contributed by atoms with Gasteiger partial charge in [-0.25, -0.2) is 0 Å². The molecule has 1 atom stereocenters. The summed E-state index contributed by atoms with van der Waals surface area (Å²) in [6.45, 7) is 9.79. The van der Waals surface area contributed by atoms with Crippen molar-refractivity contribution >= 4 is 5.78 Å². The van der Waals surface area contributed by atoms with Gasteiger partial charge in [-0.05, 0) is 36.5 Å². The van der Waals surface area contributed by atoms with Crippen molar-refractivity contribution in [1.82, 2.24) is 0 Å². The number of rotatable bonds is 5. The van der Waals surface area contributed by atoms with E-state index in [0.717, 1.165) is 25.9 Å². The third-order valence-electron chi connectivity index (χ3n) is 5.32. The largest absolute Gasteiger partial charge is 0.378 e. The van der Waals surface area contributed by atoms with Crippen molar-refractivity contribution in [2.45, 2.75) is 65.9 Å². The molecule has 2 nitrogen and oxygen atoms in total. The molecule has 0 aromatic carbocycles. The molecule has 0 amide bonds. The highest BCUT2D eigenvalue weighted by Crippen LogP contribution is 2.68. The first-order chi connectivity index (χ1) is 7.87. The van der Waals surface area contributed by atoms with Crippen molar-refractivity contribution in [3.8, 4) is 0 Å². The Kier molecular flexibility index (Phi) is 3.37. The van der Waals surface area contributed by atoms with Gasteiger partial charge >= 0.3 is 0 Å². The van der Waals surface area contributed by atoms with Crippen LogP contribution in [0.1, 0.15) is 59.8 Å². The van der Waals surface area contributed by atoms with Crippen molar-refractivity contribution in [2.75, 3.05) is 6.61 Å². The third-order valence-corrected chi connectivity index (χ3v) is 5.32. The van der Waals surface area contributed by atoms with Crippen LogP contribution in [-0.2, 0) is 9.53 Å². The number of carbonyl (C=O) groups is 1.